The van der Waals surface area contributed by atoms with Gasteiger partial charge in [-0.15, -0.1) is 11.3 Å². The number of hydrogen-bond acceptors (Lipinski definition) is 7. The molecule has 0 aliphatic heterocycles. The number of thiazole rings is 1. The van der Waals surface area contributed by atoms with Crippen LogP contribution in [0.2, 0.25) is 0 Å². The van der Waals surface area contributed by atoms with Crippen LogP contribution in [0.1, 0.15) is 29.8 Å². The number of nitrogens with zero attached hydrogens (tertiary/aromatic N) is 3. The van der Waals surface area contributed by atoms with Gasteiger partial charge in [0.05, 0.1) is 11.7 Å². The molecule has 0 radical (unpaired) electrons. The van der Waals surface area contributed by atoms with Gasteiger partial charge in [-0.1, -0.05) is 32.1 Å². The van der Waals surface area contributed by atoms with Gasteiger partial charge in [-0.25, -0.2) is 4.98 Å². The fourth-order valence-corrected chi connectivity index (χ4v) is 4.77. The zero-order valence-electron chi connectivity index (χ0n) is 21.1. The van der Waals surface area contributed by atoms with Gasteiger partial charge in [-0.2, -0.15) is 0 Å². The zero-order chi connectivity index (χ0) is 25.3. The van der Waals surface area contributed by atoms with E-state index in [0.717, 1.165) is 48.3 Å². The Morgan fingerprint density at radius 3 is 2.75 bits per heavy atom. The molecule has 2 aromatic heterocycles. The molecule has 4 rings (SSSR count). The van der Waals surface area contributed by atoms with E-state index in [4.69, 9.17) is 4.98 Å². The fraction of sp³-hybridized carbons (Fsp3) is 0.321. The molecule has 2 unspecified atom stereocenters. The summed E-state index contributed by atoms with van der Waals surface area (Å²) in [5.74, 6) is 0.154. The normalized spacial score (nSPS) is 17.2. The molecule has 188 valence electrons. The van der Waals surface area contributed by atoms with Gasteiger partial charge < -0.3 is 16.0 Å². The Morgan fingerprint density at radius 2 is 2.03 bits per heavy atom. The zero-order valence-corrected chi connectivity index (χ0v) is 21.9. The summed E-state index contributed by atoms with van der Waals surface area (Å²) in [4.78, 5) is 24.2. The minimum atomic E-state index is -0.110. The summed E-state index contributed by atoms with van der Waals surface area (Å²) in [5.41, 5.74) is 4.53. The first-order chi connectivity index (χ1) is 17.6. The Bertz CT molecular complexity index is 1190. The molecule has 3 N–H and O–H groups in total. The van der Waals surface area contributed by atoms with Crippen LogP contribution in [0.3, 0.4) is 0 Å². The van der Waals surface area contributed by atoms with Crippen LogP contribution >= 0.6 is 11.3 Å². The molecule has 0 bridgehead atoms. The van der Waals surface area contributed by atoms with Gasteiger partial charge in [-0.05, 0) is 61.5 Å². The lowest BCUT2D eigenvalue weighted by Gasteiger charge is -2.24. The lowest BCUT2D eigenvalue weighted by atomic mass is 9.95. The van der Waals surface area contributed by atoms with E-state index < -0.39 is 0 Å². The molecule has 7 nitrogen and oxygen atoms in total. The maximum absolute atomic E-state index is 12.9. The lowest BCUT2D eigenvalue weighted by molar-refractivity contribution is 0.0967. The molecule has 1 aliphatic carbocycles. The van der Waals surface area contributed by atoms with Crippen molar-refractivity contribution in [3.05, 3.63) is 89.2 Å². The summed E-state index contributed by atoms with van der Waals surface area (Å²) in [6.45, 7) is 8.13. The van der Waals surface area contributed by atoms with Crippen molar-refractivity contribution >= 4 is 22.4 Å². The number of carbonyl (C=O) groups is 1. The van der Waals surface area contributed by atoms with Gasteiger partial charge in [0, 0.05) is 54.2 Å². The van der Waals surface area contributed by atoms with Crippen molar-refractivity contribution in [2.24, 2.45) is 5.92 Å². The number of benzene rings is 1. The van der Waals surface area contributed by atoms with Crippen molar-refractivity contribution in [3.63, 3.8) is 0 Å². The molecule has 2 atom stereocenters. The van der Waals surface area contributed by atoms with Gasteiger partial charge in [0.25, 0.3) is 5.91 Å². The number of anilines is 1. The van der Waals surface area contributed by atoms with E-state index in [2.05, 4.69) is 51.8 Å². The number of aromatic nitrogens is 2. The molecular weight excluding hydrogens is 468 g/mol. The van der Waals surface area contributed by atoms with Gasteiger partial charge >= 0.3 is 0 Å². The van der Waals surface area contributed by atoms with E-state index in [0.29, 0.717) is 5.56 Å². The number of pyridine rings is 1. The second-order valence-corrected chi connectivity index (χ2v) is 9.77. The van der Waals surface area contributed by atoms with E-state index in [1.54, 1.807) is 17.5 Å². The molecule has 2 heterocycles. The molecule has 1 aromatic carbocycles. The maximum Gasteiger partial charge on any atom is 0.255 e. The predicted octanol–water partition coefficient (Wildman–Crippen LogP) is 4.55. The summed E-state index contributed by atoms with van der Waals surface area (Å²) >= 11 is 1.57. The van der Waals surface area contributed by atoms with Gasteiger partial charge in [0.1, 0.15) is 0 Å². The summed E-state index contributed by atoms with van der Waals surface area (Å²) in [7, 11) is 1.97. The molecule has 36 heavy (non-hydrogen) atoms. The average molecular weight is 503 g/mol. The van der Waals surface area contributed by atoms with Crippen molar-refractivity contribution < 1.29 is 4.79 Å². The molecule has 0 saturated heterocycles. The number of allylic oxidation sites excluding steroid dienone is 1. The number of likely N-dealkylation sites (N-methyl/N-ethyl adjacent to an activating group) is 2. The van der Waals surface area contributed by atoms with E-state index >= 15 is 0 Å². The highest BCUT2D eigenvalue weighted by atomic mass is 32.1. The van der Waals surface area contributed by atoms with Crippen molar-refractivity contribution in [3.8, 4) is 11.3 Å². The van der Waals surface area contributed by atoms with E-state index in [1.807, 2.05) is 61.1 Å². The number of rotatable bonds is 11. The number of amides is 1. The topological polar surface area (TPSA) is 82.2 Å². The lowest BCUT2D eigenvalue weighted by Crippen LogP contribution is -2.31. The quantitative estimate of drug-likeness (QED) is 0.357. The first-order valence-corrected chi connectivity index (χ1v) is 13.2. The summed E-state index contributed by atoms with van der Waals surface area (Å²) in [6, 6.07) is 11.8. The van der Waals surface area contributed by atoms with Crippen LogP contribution in [0.25, 0.3) is 11.3 Å². The third-order valence-corrected chi connectivity index (χ3v) is 7.04. The first-order valence-electron chi connectivity index (χ1n) is 12.4. The van der Waals surface area contributed by atoms with Crippen LogP contribution in [0, 0.1) is 5.92 Å². The van der Waals surface area contributed by atoms with Crippen molar-refractivity contribution in [1.29, 1.82) is 0 Å². The van der Waals surface area contributed by atoms with Crippen LogP contribution in [0.15, 0.2) is 78.1 Å². The van der Waals surface area contributed by atoms with Gasteiger partial charge in [0.15, 0.2) is 5.13 Å². The number of hydrogen-bond donors (Lipinski definition) is 3. The summed E-state index contributed by atoms with van der Waals surface area (Å²) in [5, 5.41) is 12.6. The van der Waals surface area contributed by atoms with E-state index in [-0.39, 0.29) is 17.9 Å². The SMILES string of the molecule is CCN(CCNC)Cc1ccc(C(=O)NC2=CC(Nc3nc(-c4cccnc4)cs3)C(C)C=C2)cc1. The third-order valence-electron chi connectivity index (χ3n) is 6.26. The summed E-state index contributed by atoms with van der Waals surface area (Å²) in [6.07, 6.45) is 9.71. The van der Waals surface area contributed by atoms with E-state index in [1.165, 1.54) is 5.56 Å². The Kier molecular flexibility index (Phi) is 9.00. The van der Waals surface area contributed by atoms with Crippen LogP contribution in [0.5, 0.6) is 0 Å². The van der Waals surface area contributed by atoms with Gasteiger partial charge in [-0.3, -0.25) is 14.7 Å². The standard InChI is InChI=1S/C28H34N6OS/c1-4-34(15-14-29-3)18-21-8-10-22(11-9-21)27(35)31-24-12-7-20(2)25(16-24)32-28-33-26(19-36-28)23-6-5-13-30-17-23/h5-13,16-17,19-20,25,29H,4,14-15,18H2,1-3H3,(H,31,35)(H,32,33). The van der Waals surface area contributed by atoms with Crippen LogP contribution < -0.4 is 16.0 Å². The van der Waals surface area contributed by atoms with Crippen LogP contribution in [-0.4, -0.2) is 53.5 Å². The molecule has 1 aliphatic rings. The largest absolute Gasteiger partial charge is 0.355 e. The Morgan fingerprint density at radius 1 is 1.19 bits per heavy atom. The molecular formula is C28H34N6OS. The van der Waals surface area contributed by atoms with Crippen LogP contribution in [0.4, 0.5) is 5.13 Å². The molecule has 1 amide bonds. The third kappa shape index (κ3) is 6.87. The highest BCUT2D eigenvalue weighted by Crippen LogP contribution is 2.27. The van der Waals surface area contributed by atoms with Gasteiger partial charge in [0.2, 0.25) is 0 Å². The predicted molar refractivity (Wildman–Crippen MR) is 148 cm³/mol. The fourth-order valence-electron chi connectivity index (χ4n) is 4.00. The van der Waals surface area contributed by atoms with Crippen molar-refractivity contribution in [2.75, 3.05) is 32.0 Å². The second kappa shape index (κ2) is 12.6. The maximum atomic E-state index is 12.9. The highest BCUT2D eigenvalue weighted by Gasteiger charge is 2.20. The number of carbonyl (C=O) groups excluding carboxylic acids is 1. The molecule has 3 aromatic rings. The minimum Gasteiger partial charge on any atom is -0.355 e. The Hall–Kier alpha value is -3.33. The van der Waals surface area contributed by atoms with Crippen molar-refractivity contribution in [1.82, 2.24) is 25.5 Å². The average Bonchev–Trinajstić information content (AvgIpc) is 3.38. The Balaban J connectivity index is 1.36. The molecule has 0 fully saturated rings. The monoisotopic (exact) mass is 502 g/mol. The van der Waals surface area contributed by atoms with E-state index in [9.17, 15) is 4.79 Å². The minimum absolute atomic E-state index is 0.0261. The molecule has 8 heteroatoms. The smallest absolute Gasteiger partial charge is 0.255 e. The number of nitrogens with one attached hydrogen (secondary N) is 3. The Labute approximate surface area is 217 Å². The molecule has 0 saturated carbocycles. The first kappa shape index (κ1) is 25.8. The summed E-state index contributed by atoms with van der Waals surface area (Å²) < 4.78 is 0. The molecule has 0 spiro atoms. The second-order valence-electron chi connectivity index (χ2n) is 8.91. The van der Waals surface area contributed by atoms with Crippen LogP contribution in [-0.2, 0) is 6.54 Å². The van der Waals surface area contributed by atoms with Crippen molar-refractivity contribution in [2.45, 2.75) is 26.4 Å². The highest BCUT2D eigenvalue weighted by molar-refractivity contribution is 7.14.